The number of aromatic nitrogens is 2. The van der Waals surface area contributed by atoms with Crippen LogP contribution < -0.4 is 20.3 Å². The van der Waals surface area contributed by atoms with Gasteiger partial charge in [0.05, 0.1) is 48.7 Å². The average molecular weight is 800 g/mol. The number of thioether (sulfide) groups is 1. The molecule has 2 aliphatic rings. The van der Waals surface area contributed by atoms with E-state index in [2.05, 4.69) is 11.4 Å². The monoisotopic (exact) mass is 799 g/mol. The maximum absolute atomic E-state index is 14.3. The second-order valence-electron chi connectivity index (χ2n) is 14.1. The zero-order valence-corrected chi connectivity index (χ0v) is 33.8. The molecular weight excluding hydrogens is 755 g/mol. The summed E-state index contributed by atoms with van der Waals surface area (Å²) in [5.74, 6) is -0.265. The van der Waals surface area contributed by atoms with Crippen LogP contribution in [0.2, 0.25) is 0 Å². The summed E-state index contributed by atoms with van der Waals surface area (Å²) in [6.45, 7) is 3.31. The zero-order valence-electron chi connectivity index (χ0n) is 33.0. The van der Waals surface area contributed by atoms with Crippen molar-refractivity contribution in [1.82, 2.24) is 14.4 Å². The number of hydrazone groups is 1. The minimum Gasteiger partial charge on any atom is -0.497 e. The molecule has 3 atom stereocenters. The summed E-state index contributed by atoms with van der Waals surface area (Å²) in [6.07, 6.45) is 3.50. The summed E-state index contributed by atoms with van der Waals surface area (Å²) in [5.41, 5.74) is 5.10. The molecule has 3 unspecified atom stereocenters. The van der Waals surface area contributed by atoms with Gasteiger partial charge in [-0.1, -0.05) is 54.6 Å². The Bertz CT molecular complexity index is 2440. The third kappa shape index (κ3) is 8.21. The molecule has 1 aliphatic heterocycles. The first kappa shape index (κ1) is 39.9. The Morgan fingerprint density at radius 1 is 0.914 bits per heavy atom. The lowest BCUT2D eigenvalue weighted by Crippen LogP contribution is -2.39. The van der Waals surface area contributed by atoms with Gasteiger partial charge in [0.25, 0.3) is 11.5 Å². The van der Waals surface area contributed by atoms with Crippen LogP contribution in [0.3, 0.4) is 0 Å². The molecule has 12 nitrogen and oxygen atoms in total. The molecule has 4 aromatic carbocycles. The number of benzene rings is 4. The number of fused-ring (bicyclic) bond motifs is 1. The van der Waals surface area contributed by atoms with Crippen LogP contribution in [-0.2, 0) is 21.4 Å². The van der Waals surface area contributed by atoms with Gasteiger partial charge in [-0.2, -0.15) is 5.10 Å². The molecule has 1 fully saturated rings. The van der Waals surface area contributed by atoms with E-state index < -0.39 is 29.9 Å². The number of amides is 2. The number of hydrogen-bond donors (Lipinski definition) is 1. The number of esters is 1. The predicted molar refractivity (Wildman–Crippen MR) is 225 cm³/mol. The van der Waals surface area contributed by atoms with E-state index in [4.69, 9.17) is 19.3 Å². The molecule has 2 amide bonds. The molecule has 7 rings (SSSR count). The Balaban J connectivity index is 1.08. The number of carbonyl (C=O) groups is 3. The number of anilines is 1. The Hall–Kier alpha value is -6.34. The van der Waals surface area contributed by atoms with E-state index in [0.717, 1.165) is 59.2 Å². The number of nitrogens with one attached hydrogen (secondary N) is 1. The highest BCUT2D eigenvalue weighted by Crippen LogP contribution is 2.45. The molecular formula is C45H45N5O7S. The lowest BCUT2D eigenvalue weighted by molar-refractivity contribution is -0.142. The second kappa shape index (κ2) is 17.4. The largest absolute Gasteiger partial charge is 0.497 e. The molecule has 2 heterocycles. The molecule has 1 aromatic heterocycles. The van der Waals surface area contributed by atoms with Gasteiger partial charge in [0.2, 0.25) is 5.91 Å². The first-order valence-corrected chi connectivity index (χ1v) is 20.0. The van der Waals surface area contributed by atoms with E-state index in [0.29, 0.717) is 22.0 Å². The van der Waals surface area contributed by atoms with Crippen LogP contribution >= 0.6 is 11.8 Å². The lowest BCUT2D eigenvalue weighted by Gasteiger charge is -2.30. The van der Waals surface area contributed by atoms with E-state index in [-0.39, 0.29) is 28.5 Å². The minimum absolute atomic E-state index is 0.0670. The maximum Gasteiger partial charge on any atom is 0.340 e. The first-order valence-electron chi connectivity index (χ1n) is 19.0. The van der Waals surface area contributed by atoms with Crippen LogP contribution in [-0.4, -0.2) is 63.9 Å². The van der Waals surface area contributed by atoms with Gasteiger partial charge in [-0.3, -0.25) is 19.1 Å². The molecule has 13 heteroatoms. The van der Waals surface area contributed by atoms with Crippen molar-refractivity contribution in [2.75, 3.05) is 25.3 Å². The highest BCUT2D eigenvalue weighted by molar-refractivity contribution is 8.00. The number of rotatable bonds is 12. The van der Waals surface area contributed by atoms with Crippen molar-refractivity contribution in [2.45, 2.75) is 50.2 Å². The molecule has 1 saturated carbocycles. The number of hydrogen-bond acceptors (Lipinski definition) is 9. The van der Waals surface area contributed by atoms with Gasteiger partial charge in [-0.15, -0.1) is 11.8 Å². The average Bonchev–Trinajstić information content (AvgIpc) is 3.74. The standard InChI is InChI=1S/C45H45N5O7S/c1-28-40(44(53)50(48(28)3)33-13-7-6-8-14-33)46-39(51)27-58-38-17-10-9-15-36(38)45(54)57-29(2)43(52)49-42(31-20-24-35(56-5)25-21-31)37-16-11-12-32(41(37)47-49)26-30-18-22-34(55-4)23-19-30/h6-10,13-15,17-26,29,37,42H,11-12,16,27H2,1-5H3,(H,46,51)/b32-26-. The summed E-state index contributed by atoms with van der Waals surface area (Å²) >= 11 is 1.13. The number of methoxy groups -OCH3 is 2. The number of para-hydroxylation sites is 1. The SMILES string of the molecule is COc1ccc(/C=C2/CCCC3C2=NN(C(=O)C(C)OC(=O)c2ccccc2SCC(=O)Nc2c(C)n(C)n(-c4ccccc4)c2=O)C3c2ccc(OC)cc2)cc1. The summed E-state index contributed by atoms with van der Waals surface area (Å²) in [6, 6.07) is 30.9. The minimum atomic E-state index is -1.18. The van der Waals surface area contributed by atoms with Gasteiger partial charge in [-0.25, -0.2) is 14.5 Å². The Labute approximate surface area is 341 Å². The summed E-state index contributed by atoms with van der Waals surface area (Å²) < 4.78 is 19.8. The predicted octanol–water partition coefficient (Wildman–Crippen LogP) is 7.60. The van der Waals surface area contributed by atoms with Gasteiger partial charge < -0.3 is 19.5 Å². The third-order valence-electron chi connectivity index (χ3n) is 10.6. The molecule has 0 saturated heterocycles. The van der Waals surface area contributed by atoms with Gasteiger partial charge in [0, 0.05) is 17.9 Å². The lowest BCUT2D eigenvalue weighted by atomic mass is 9.77. The van der Waals surface area contributed by atoms with Crippen molar-refractivity contribution in [1.29, 1.82) is 0 Å². The number of ether oxygens (including phenoxy) is 3. The van der Waals surface area contributed by atoms with Crippen molar-refractivity contribution in [2.24, 2.45) is 18.1 Å². The van der Waals surface area contributed by atoms with E-state index >= 15 is 0 Å². The van der Waals surface area contributed by atoms with Crippen molar-refractivity contribution in [3.8, 4) is 17.2 Å². The van der Waals surface area contributed by atoms with Crippen LogP contribution in [0.25, 0.3) is 11.8 Å². The number of nitrogens with zero attached hydrogens (tertiary/aromatic N) is 4. The van der Waals surface area contributed by atoms with E-state index in [1.54, 1.807) is 64.1 Å². The van der Waals surface area contributed by atoms with E-state index in [1.165, 1.54) is 9.69 Å². The molecule has 5 aromatic rings. The van der Waals surface area contributed by atoms with Crippen LogP contribution in [0.4, 0.5) is 5.69 Å². The van der Waals surface area contributed by atoms with E-state index in [9.17, 15) is 19.2 Å². The van der Waals surface area contributed by atoms with Gasteiger partial charge in [-0.05, 0) is 104 Å². The molecule has 0 spiro atoms. The molecule has 58 heavy (non-hydrogen) atoms. The van der Waals surface area contributed by atoms with Crippen LogP contribution in [0.15, 0.2) is 123 Å². The second-order valence-corrected chi connectivity index (χ2v) is 15.2. The van der Waals surface area contributed by atoms with Crippen LogP contribution in [0.5, 0.6) is 11.5 Å². The summed E-state index contributed by atoms with van der Waals surface area (Å²) in [7, 11) is 4.99. The Kier molecular flexibility index (Phi) is 12.0. The van der Waals surface area contributed by atoms with Crippen LogP contribution in [0, 0.1) is 12.8 Å². The Morgan fingerprint density at radius 3 is 2.26 bits per heavy atom. The number of carbonyl (C=O) groups excluding carboxylic acids is 3. The fraction of sp³-hybridized carbons (Fsp3) is 0.267. The van der Waals surface area contributed by atoms with E-state index in [1.807, 2.05) is 78.9 Å². The molecule has 1 aliphatic carbocycles. The van der Waals surface area contributed by atoms with Gasteiger partial charge >= 0.3 is 5.97 Å². The maximum atomic E-state index is 14.3. The fourth-order valence-corrected chi connectivity index (χ4v) is 8.31. The highest BCUT2D eigenvalue weighted by Gasteiger charge is 2.45. The van der Waals surface area contributed by atoms with Crippen LogP contribution in [0.1, 0.15) is 59.4 Å². The zero-order chi connectivity index (χ0) is 40.9. The molecule has 1 N–H and O–H groups in total. The topological polar surface area (TPSA) is 133 Å². The smallest absolute Gasteiger partial charge is 0.340 e. The van der Waals surface area contributed by atoms with Crippen molar-refractivity contribution >= 4 is 47.0 Å². The molecule has 298 valence electrons. The quantitative estimate of drug-likeness (QED) is 0.101. The molecule has 0 bridgehead atoms. The van der Waals surface area contributed by atoms with Crippen molar-refractivity contribution < 1.29 is 28.6 Å². The third-order valence-corrected chi connectivity index (χ3v) is 11.6. The highest BCUT2D eigenvalue weighted by atomic mass is 32.2. The van der Waals surface area contributed by atoms with Crippen molar-refractivity contribution in [3.05, 3.63) is 141 Å². The summed E-state index contributed by atoms with van der Waals surface area (Å²) in [4.78, 5) is 55.1. The van der Waals surface area contributed by atoms with Gasteiger partial charge in [0.1, 0.15) is 17.2 Å². The normalized spacial score (nSPS) is 17.3. The summed E-state index contributed by atoms with van der Waals surface area (Å²) in [5, 5.41) is 9.22. The Morgan fingerprint density at radius 2 is 1.57 bits per heavy atom. The fourth-order valence-electron chi connectivity index (χ4n) is 7.47. The first-order chi connectivity index (χ1) is 28.1. The van der Waals surface area contributed by atoms with Crippen molar-refractivity contribution in [3.63, 3.8) is 0 Å². The molecule has 0 radical (unpaired) electrons. The number of allylic oxidation sites excluding steroid dienone is 1. The van der Waals surface area contributed by atoms with Gasteiger partial charge in [0.15, 0.2) is 6.10 Å².